The smallest absolute Gasteiger partial charge is 0.193 e. The Morgan fingerprint density at radius 1 is 0.543 bits per heavy atom. The summed E-state index contributed by atoms with van der Waals surface area (Å²) in [6.07, 6.45) is 2.97. The number of ketones is 4. The van der Waals surface area contributed by atoms with E-state index in [0.717, 1.165) is 34.8 Å². The van der Waals surface area contributed by atoms with Crippen LogP contribution in [0, 0.1) is 0 Å². The van der Waals surface area contributed by atoms with Gasteiger partial charge in [-0.05, 0) is 27.7 Å². The molecule has 0 aromatic heterocycles. The summed E-state index contributed by atoms with van der Waals surface area (Å²) in [5.74, 6) is 0.705. The first kappa shape index (κ1) is 45.0. The van der Waals surface area contributed by atoms with Gasteiger partial charge in [-0.1, -0.05) is 135 Å². The molecule has 0 aliphatic rings. The molecular weight excluding hydrogens is 580 g/mol. The second-order valence-corrected chi connectivity index (χ2v) is 8.90. The molecule has 4 aromatic rings. The highest BCUT2D eigenvalue weighted by molar-refractivity contribution is 6.08. The molecule has 244 valence electrons. The highest BCUT2D eigenvalue weighted by Crippen LogP contribution is 2.08. The molecule has 0 atom stereocenters. The van der Waals surface area contributed by atoms with E-state index in [-0.39, 0.29) is 17.3 Å². The highest BCUT2D eigenvalue weighted by Gasteiger charge is 2.06. The summed E-state index contributed by atoms with van der Waals surface area (Å²) in [6.45, 7) is 11.8. The zero-order valence-corrected chi connectivity index (χ0v) is 27.7. The molecule has 7 nitrogen and oxygen atoms in total. The molecule has 7 heteroatoms. The fourth-order valence-electron chi connectivity index (χ4n) is 2.80. The molecule has 0 N–H and O–H groups in total. The summed E-state index contributed by atoms with van der Waals surface area (Å²) in [5.41, 5.74) is 2.97. The Labute approximate surface area is 273 Å². The first-order chi connectivity index (χ1) is 22.1. The van der Waals surface area contributed by atoms with E-state index in [4.69, 9.17) is 9.59 Å². The van der Waals surface area contributed by atoms with E-state index >= 15 is 0 Å². The van der Waals surface area contributed by atoms with E-state index in [1.54, 1.807) is 19.1 Å². The monoisotopic (exact) mass is 626 g/mol. The minimum absolute atomic E-state index is 0.0752. The lowest BCUT2D eigenvalue weighted by molar-refractivity contribution is -0.118. The minimum atomic E-state index is 0.0752. The van der Waals surface area contributed by atoms with Crippen LogP contribution >= 0.6 is 0 Å². The average molecular weight is 627 g/mol. The third-order valence-corrected chi connectivity index (χ3v) is 4.98. The van der Waals surface area contributed by atoms with Crippen molar-refractivity contribution in [3.05, 3.63) is 144 Å². The maximum atomic E-state index is 11.8. The number of Topliss-reactive ketones (excluding diaryl/α,β-unsaturated/α-hetero) is 3. The predicted molar refractivity (Wildman–Crippen MR) is 185 cm³/mol. The van der Waals surface area contributed by atoms with Gasteiger partial charge in [-0.15, -0.1) is 0 Å². The second kappa shape index (κ2) is 32.5. The summed E-state index contributed by atoms with van der Waals surface area (Å²) in [5, 5.41) is 0. The summed E-state index contributed by atoms with van der Waals surface area (Å²) in [6, 6.07) is 36.9. The number of benzene rings is 4. The summed E-state index contributed by atoms with van der Waals surface area (Å²) in [4.78, 5) is 68.9. The van der Waals surface area contributed by atoms with Crippen LogP contribution in [0.5, 0.6) is 0 Å². The Balaban J connectivity index is -0.000000511. The summed E-state index contributed by atoms with van der Waals surface area (Å²) in [7, 11) is 0. The van der Waals surface area contributed by atoms with Gasteiger partial charge in [-0.3, -0.25) is 19.2 Å². The largest absolute Gasteiger partial charge is 0.307 e. The van der Waals surface area contributed by atoms with Gasteiger partial charge in [0.2, 0.25) is 0 Å². The van der Waals surface area contributed by atoms with Crippen LogP contribution in [0.4, 0.5) is 0 Å². The molecule has 0 saturated heterocycles. The van der Waals surface area contributed by atoms with Crippen molar-refractivity contribution in [3.8, 4) is 0 Å². The number of hydrogen-bond acceptors (Lipinski definition) is 7. The van der Waals surface area contributed by atoms with Crippen LogP contribution in [0.1, 0.15) is 91.0 Å². The zero-order valence-electron chi connectivity index (χ0n) is 27.7. The fraction of sp³-hybridized carbons (Fsp3) is 0.205. The maximum Gasteiger partial charge on any atom is 0.193 e. The minimum Gasteiger partial charge on any atom is -0.307 e. The quantitative estimate of drug-likeness (QED) is 0.156. The van der Waals surface area contributed by atoms with Gasteiger partial charge < -0.3 is 14.4 Å². The van der Waals surface area contributed by atoms with Crippen molar-refractivity contribution in [2.24, 2.45) is 0 Å². The van der Waals surface area contributed by atoms with Crippen molar-refractivity contribution in [3.63, 3.8) is 0 Å². The van der Waals surface area contributed by atoms with Crippen molar-refractivity contribution in [1.29, 1.82) is 0 Å². The molecule has 0 aliphatic carbocycles. The lowest BCUT2D eigenvalue weighted by atomic mass is 10.0. The van der Waals surface area contributed by atoms with Crippen molar-refractivity contribution in [1.82, 2.24) is 0 Å². The van der Waals surface area contributed by atoms with E-state index in [0.29, 0.717) is 18.6 Å². The van der Waals surface area contributed by atoms with Gasteiger partial charge >= 0.3 is 0 Å². The van der Waals surface area contributed by atoms with Crippen LogP contribution in [0.15, 0.2) is 121 Å². The normalized spacial score (nSPS) is 8.22. The molecule has 0 amide bonds. The Bertz CT molecular complexity index is 1300. The van der Waals surface area contributed by atoms with Crippen molar-refractivity contribution in [2.45, 2.75) is 54.4 Å². The van der Waals surface area contributed by atoms with Crippen LogP contribution in [0.2, 0.25) is 0 Å². The average Bonchev–Trinajstić information content (AvgIpc) is 3.11. The first-order valence-electron chi connectivity index (χ1n) is 14.5. The van der Waals surface area contributed by atoms with Crippen molar-refractivity contribution >= 4 is 42.5 Å². The third kappa shape index (κ3) is 27.4. The molecule has 46 heavy (non-hydrogen) atoms. The number of rotatable bonds is 6. The lowest BCUT2D eigenvalue weighted by Gasteiger charge is -1.99. The van der Waals surface area contributed by atoms with Crippen molar-refractivity contribution in [2.75, 3.05) is 0 Å². The summed E-state index contributed by atoms with van der Waals surface area (Å²) >= 11 is 0. The van der Waals surface area contributed by atoms with Crippen LogP contribution in [0.3, 0.4) is 0 Å². The third-order valence-electron chi connectivity index (χ3n) is 4.98. The van der Waals surface area contributed by atoms with E-state index in [1.165, 1.54) is 20.8 Å². The van der Waals surface area contributed by atoms with Gasteiger partial charge in [0, 0.05) is 35.1 Å². The molecule has 0 spiro atoms. The number of hydrogen-bond donors (Lipinski definition) is 0. The predicted octanol–water partition coefficient (Wildman–Crippen LogP) is 8.30. The lowest BCUT2D eigenvalue weighted by Crippen LogP contribution is -1.99. The van der Waals surface area contributed by atoms with Crippen molar-refractivity contribution < 1.29 is 33.6 Å². The first-order valence-corrected chi connectivity index (χ1v) is 14.5. The SMILES string of the molecule is C=O.CC(=O)c1ccccc1.CC(C)=O.CC=O.CCC(=O)CC.O=C(c1ccccc1)c1ccccc1.O=Cc1ccccc1. The Morgan fingerprint density at radius 2 is 0.804 bits per heavy atom. The fourth-order valence-corrected chi connectivity index (χ4v) is 2.80. The van der Waals surface area contributed by atoms with E-state index in [9.17, 15) is 24.0 Å². The maximum absolute atomic E-state index is 11.8. The molecule has 0 heterocycles. The Kier molecular flexibility index (Phi) is 31.8. The Morgan fingerprint density at radius 3 is 0.978 bits per heavy atom. The van der Waals surface area contributed by atoms with Crippen LogP contribution in [-0.4, -0.2) is 42.5 Å². The molecule has 4 rings (SSSR count). The topological polar surface area (TPSA) is 119 Å². The molecule has 0 fully saturated rings. The number of aldehydes is 2. The van der Waals surface area contributed by atoms with Gasteiger partial charge in [0.15, 0.2) is 11.6 Å². The zero-order chi connectivity index (χ0) is 35.6. The molecule has 0 aliphatic heterocycles. The number of carbonyl (C=O) groups is 7. The second-order valence-electron chi connectivity index (χ2n) is 8.90. The van der Waals surface area contributed by atoms with Crippen LogP contribution in [0.25, 0.3) is 0 Å². The molecule has 0 bridgehead atoms. The van der Waals surface area contributed by atoms with Gasteiger partial charge in [0.05, 0.1) is 0 Å². The molecule has 0 radical (unpaired) electrons. The van der Waals surface area contributed by atoms with Crippen LogP contribution < -0.4 is 0 Å². The molecule has 0 unspecified atom stereocenters. The van der Waals surface area contributed by atoms with Gasteiger partial charge in [0.25, 0.3) is 0 Å². The number of carbonyl (C=O) groups excluding carboxylic acids is 7. The van der Waals surface area contributed by atoms with Gasteiger partial charge in [-0.25, -0.2) is 0 Å². The van der Waals surface area contributed by atoms with Gasteiger partial charge in [0.1, 0.15) is 30.9 Å². The van der Waals surface area contributed by atoms with Gasteiger partial charge in [-0.2, -0.15) is 0 Å². The molecular formula is C39H46O7. The van der Waals surface area contributed by atoms with E-state index in [1.807, 2.05) is 130 Å². The highest BCUT2D eigenvalue weighted by atomic mass is 16.1. The Hall–Kier alpha value is -5.43. The molecule has 4 aromatic carbocycles. The molecule has 0 saturated carbocycles. The summed E-state index contributed by atoms with van der Waals surface area (Å²) < 4.78 is 0. The van der Waals surface area contributed by atoms with E-state index < -0.39 is 0 Å². The van der Waals surface area contributed by atoms with Crippen LogP contribution in [-0.2, 0) is 19.2 Å². The van der Waals surface area contributed by atoms with E-state index in [2.05, 4.69) is 0 Å². The standard InChI is InChI=1S/C13H10O.C8H8O.C7H6O.C5H10O.C3H6O.C2H4O.CH2O/c14-13(11-7-3-1-4-8-11)12-9-5-2-6-10-12;1-7(9)8-5-3-2-4-6-8;8-6-7-4-2-1-3-5-7;1-3-5(6)4-2;1-3(2)4;1-2-3;1-2/h1-10H;2-6H,1H3;1-6H;3-4H2,1-2H3;1-2H3;2H,1H3;1H2.